The Bertz CT molecular complexity index is 395. The average molecular weight is 234 g/mol. The predicted octanol–water partition coefficient (Wildman–Crippen LogP) is 2.19. The molecule has 88 valence electrons. The fourth-order valence-corrected chi connectivity index (χ4v) is 1.36. The molecule has 0 aliphatic heterocycles. The Morgan fingerprint density at radius 2 is 1.94 bits per heavy atom. The number of aliphatic carboxylic acids is 1. The van der Waals surface area contributed by atoms with Gasteiger partial charge in [-0.3, -0.25) is 0 Å². The van der Waals surface area contributed by atoms with Crippen molar-refractivity contribution in [2.24, 2.45) is 0 Å². The number of rotatable bonds is 3. The van der Waals surface area contributed by atoms with E-state index in [0.29, 0.717) is 6.07 Å². The van der Waals surface area contributed by atoms with Crippen LogP contribution in [0.25, 0.3) is 0 Å². The summed E-state index contributed by atoms with van der Waals surface area (Å²) in [7, 11) is 0. The number of benzene rings is 1. The third kappa shape index (κ3) is 2.33. The Hall–Kier alpha value is -1.56. The van der Waals surface area contributed by atoms with Gasteiger partial charge < -0.3 is 10.2 Å². The van der Waals surface area contributed by atoms with Gasteiger partial charge in [-0.2, -0.15) is 0 Å². The number of aliphatic hydroxyl groups is 1. The number of carbonyl (C=O) groups is 1. The van der Waals surface area contributed by atoms with E-state index in [2.05, 4.69) is 0 Å². The van der Waals surface area contributed by atoms with Crippen molar-refractivity contribution in [2.75, 3.05) is 0 Å². The van der Waals surface area contributed by atoms with Gasteiger partial charge in [0, 0.05) is 0 Å². The van der Waals surface area contributed by atoms with E-state index < -0.39 is 29.9 Å². The Morgan fingerprint density at radius 3 is 2.31 bits per heavy atom. The smallest absolute Gasteiger partial charge is 0.337 e. The molecule has 0 spiro atoms. The largest absolute Gasteiger partial charge is 0.479 e. The summed E-state index contributed by atoms with van der Waals surface area (Å²) < 4.78 is 37.9. The second kappa shape index (κ2) is 4.52. The summed E-state index contributed by atoms with van der Waals surface area (Å²) in [6, 6.07) is 1.64. The number of hydrogen-bond acceptors (Lipinski definition) is 2. The minimum Gasteiger partial charge on any atom is -0.479 e. The lowest BCUT2D eigenvalue weighted by atomic mass is 10.0. The van der Waals surface area contributed by atoms with Gasteiger partial charge in [-0.05, 0) is 24.1 Å². The van der Waals surface area contributed by atoms with Crippen molar-refractivity contribution in [3.8, 4) is 0 Å². The third-order valence-electron chi connectivity index (χ3n) is 2.13. The number of carboxylic acid groups (broad SMARTS) is 1. The molecule has 1 aromatic carbocycles. The quantitative estimate of drug-likeness (QED) is 0.842. The van der Waals surface area contributed by atoms with E-state index in [1.807, 2.05) is 0 Å². The zero-order chi connectivity index (χ0) is 12.5. The molecule has 1 unspecified atom stereocenters. The highest BCUT2D eigenvalue weighted by atomic mass is 19.3. The monoisotopic (exact) mass is 234 g/mol. The Balaban J connectivity index is 3.24. The number of aryl methyl sites for hydroxylation is 1. The summed E-state index contributed by atoms with van der Waals surface area (Å²) in [6.07, 6.45) is -4.89. The average Bonchev–Trinajstić information content (AvgIpc) is 2.14. The van der Waals surface area contributed by atoms with Gasteiger partial charge in [0.25, 0.3) is 6.43 Å². The van der Waals surface area contributed by atoms with Crippen molar-refractivity contribution in [2.45, 2.75) is 19.5 Å². The lowest BCUT2D eigenvalue weighted by Gasteiger charge is -2.11. The number of halogens is 3. The van der Waals surface area contributed by atoms with Crippen LogP contribution in [0.2, 0.25) is 0 Å². The van der Waals surface area contributed by atoms with Crippen LogP contribution in [0.15, 0.2) is 12.1 Å². The summed E-state index contributed by atoms with van der Waals surface area (Å²) >= 11 is 0. The highest BCUT2D eigenvalue weighted by Gasteiger charge is 2.22. The molecule has 0 fully saturated rings. The number of aliphatic hydroxyl groups excluding tert-OH is 1. The molecule has 0 saturated carbocycles. The molecular weight excluding hydrogens is 225 g/mol. The zero-order valence-electron chi connectivity index (χ0n) is 8.25. The van der Waals surface area contributed by atoms with Crippen molar-refractivity contribution in [1.82, 2.24) is 0 Å². The Morgan fingerprint density at radius 1 is 1.38 bits per heavy atom. The van der Waals surface area contributed by atoms with E-state index in [-0.39, 0.29) is 11.1 Å². The summed E-state index contributed by atoms with van der Waals surface area (Å²) in [5.74, 6) is -2.78. The summed E-state index contributed by atoms with van der Waals surface area (Å²) in [6.45, 7) is 1.22. The number of alkyl halides is 2. The van der Waals surface area contributed by atoms with E-state index in [0.717, 1.165) is 6.07 Å². The maximum Gasteiger partial charge on any atom is 0.337 e. The van der Waals surface area contributed by atoms with Crippen LogP contribution in [-0.2, 0) is 4.79 Å². The van der Waals surface area contributed by atoms with Crippen molar-refractivity contribution < 1.29 is 28.2 Å². The molecule has 0 bridgehead atoms. The summed E-state index contributed by atoms with van der Waals surface area (Å²) in [4.78, 5) is 10.4. The maximum atomic E-state index is 13.2. The molecular formula is C10H9F3O3. The fourth-order valence-electron chi connectivity index (χ4n) is 1.36. The Labute approximate surface area is 89.1 Å². The fraction of sp³-hybridized carbons (Fsp3) is 0.300. The first-order valence-electron chi connectivity index (χ1n) is 4.33. The molecule has 1 atom stereocenters. The molecule has 0 radical (unpaired) electrons. The Kier molecular flexibility index (Phi) is 3.54. The lowest BCUT2D eigenvalue weighted by Crippen LogP contribution is -2.11. The van der Waals surface area contributed by atoms with E-state index in [9.17, 15) is 18.0 Å². The molecule has 0 aliphatic carbocycles. The first-order chi connectivity index (χ1) is 7.34. The van der Waals surface area contributed by atoms with Crippen LogP contribution >= 0.6 is 0 Å². The van der Waals surface area contributed by atoms with Gasteiger partial charge in [0.1, 0.15) is 5.82 Å². The molecule has 0 aliphatic rings. The van der Waals surface area contributed by atoms with E-state index in [1.165, 1.54) is 6.92 Å². The van der Waals surface area contributed by atoms with Gasteiger partial charge in [0.15, 0.2) is 6.10 Å². The molecule has 1 aromatic rings. The van der Waals surface area contributed by atoms with E-state index in [1.54, 1.807) is 0 Å². The van der Waals surface area contributed by atoms with Gasteiger partial charge in [-0.1, -0.05) is 6.07 Å². The van der Waals surface area contributed by atoms with Crippen LogP contribution in [-0.4, -0.2) is 16.2 Å². The maximum absolute atomic E-state index is 13.2. The van der Waals surface area contributed by atoms with E-state index in [4.69, 9.17) is 10.2 Å². The molecule has 6 heteroatoms. The van der Waals surface area contributed by atoms with Gasteiger partial charge in [0.05, 0.1) is 5.56 Å². The SMILES string of the molecule is Cc1cc(C(O)C(=O)O)cc(F)c1C(F)F. The minimum atomic E-state index is -2.98. The van der Waals surface area contributed by atoms with Crippen molar-refractivity contribution >= 4 is 5.97 Å². The molecule has 0 heterocycles. The highest BCUT2D eigenvalue weighted by molar-refractivity contribution is 5.74. The van der Waals surface area contributed by atoms with Gasteiger partial charge in [-0.15, -0.1) is 0 Å². The van der Waals surface area contributed by atoms with Gasteiger partial charge in [0.2, 0.25) is 0 Å². The molecule has 0 aromatic heterocycles. The zero-order valence-corrected chi connectivity index (χ0v) is 8.25. The normalized spacial score (nSPS) is 12.9. The lowest BCUT2D eigenvalue weighted by molar-refractivity contribution is -0.146. The second-order valence-electron chi connectivity index (χ2n) is 3.27. The first-order valence-corrected chi connectivity index (χ1v) is 4.33. The van der Waals surface area contributed by atoms with Crippen LogP contribution in [0, 0.1) is 12.7 Å². The summed E-state index contributed by atoms with van der Waals surface area (Å²) in [5, 5.41) is 17.6. The molecule has 0 amide bonds. The molecule has 16 heavy (non-hydrogen) atoms. The van der Waals surface area contributed by atoms with Gasteiger partial charge >= 0.3 is 5.97 Å². The molecule has 1 rings (SSSR count). The van der Waals surface area contributed by atoms with Crippen LogP contribution in [0.5, 0.6) is 0 Å². The highest BCUT2D eigenvalue weighted by Crippen LogP contribution is 2.28. The predicted molar refractivity (Wildman–Crippen MR) is 48.7 cm³/mol. The van der Waals surface area contributed by atoms with Crippen LogP contribution in [0.1, 0.15) is 29.2 Å². The first kappa shape index (κ1) is 12.5. The van der Waals surface area contributed by atoms with E-state index >= 15 is 0 Å². The van der Waals surface area contributed by atoms with Crippen molar-refractivity contribution in [1.29, 1.82) is 0 Å². The van der Waals surface area contributed by atoms with Gasteiger partial charge in [-0.25, -0.2) is 18.0 Å². The van der Waals surface area contributed by atoms with Crippen LogP contribution < -0.4 is 0 Å². The second-order valence-corrected chi connectivity index (χ2v) is 3.27. The number of carboxylic acids is 1. The number of hydrogen-bond donors (Lipinski definition) is 2. The summed E-state index contributed by atoms with van der Waals surface area (Å²) in [5.41, 5.74) is -1.13. The van der Waals surface area contributed by atoms with Crippen LogP contribution in [0.4, 0.5) is 13.2 Å². The standard InChI is InChI=1S/C10H9F3O3/c1-4-2-5(8(14)10(15)16)3-6(11)7(4)9(12)13/h2-3,8-9,14H,1H3,(H,15,16). The van der Waals surface area contributed by atoms with Crippen LogP contribution in [0.3, 0.4) is 0 Å². The van der Waals surface area contributed by atoms with Crippen molar-refractivity contribution in [3.05, 3.63) is 34.6 Å². The topological polar surface area (TPSA) is 57.5 Å². The molecule has 2 N–H and O–H groups in total. The molecule has 0 saturated heterocycles. The minimum absolute atomic E-state index is 0.0923. The third-order valence-corrected chi connectivity index (χ3v) is 2.13. The van der Waals surface area contributed by atoms with Crippen molar-refractivity contribution in [3.63, 3.8) is 0 Å². The molecule has 3 nitrogen and oxygen atoms in total.